The number of methoxy groups -OCH3 is 1. The third kappa shape index (κ3) is 4.28. The lowest BCUT2D eigenvalue weighted by atomic mass is 9.94. The zero-order chi connectivity index (χ0) is 24.5. The standard InChI is InChI=1S/C28H26N4O3/c1-17-8-10-21(11-9-17)26-30-27(35-31-26)24-19(3)32(22-7-5-6-18(2)16-22)28(33)29-25(24)20-12-14-23(34-4)15-13-20/h5-16,25H,1-4H3,(H,29,33). The Morgan fingerprint density at radius 2 is 1.69 bits per heavy atom. The second-order valence-corrected chi connectivity index (χ2v) is 8.62. The third-order valence-corrected chi connectivity index (χ3v) is 6.16. The summed E-state index contributed by atoms with van der Waals surface area (Å²) < 4.78 is 11.1. The molecular formula is C28H26N4O3. The molecule has 1 atom stereocenters. The molecule has 3 aromatic carbocycles. The van der Waals surface area contributed by atoms with Gasteiger partial charge in [0, 0.05) is 11.3 Å². The molecule has 1 aromatic heterocycles. The van der Waals surface area contributed by atoms with Gasteiger partial charge in [0.1, 0.15) is 5.75 Å². The van der Waals surface area contributed by atoms with Gasteiger partial charge in [0.05, 0.1) is 24.4 Å². The normalized spacial score (nSPS) is 15.8. The molecule has 5 rings (SSSR count). The highest BCUT2D eigenvalue weighted by molar-refractivity contribution is 6.01. The highest BCUT2D eigenvalue weighted by Gasteiger charge is 2.36. The van der Waals surface area contributed by atoms with E-state index in [2.05, 4.69) is 10.5 Å². The van der Waals surface area contributed by atoms with Gasteiger partial charge in [-0.3, -0.25) is 4.90 Å². The largest absolute Gasteiger partial charge is 0.497 e. The van der Waals surface area contributed by atoms with Crippen molar-refractivity contribution in [3.8, 4) is 17.1 Å². The summed E-state index contributed by atoms with van der Waals surface area (Å²) in [6, 6.07) is 22.7. The fourth-order valence-electron chi connectivity index (χ4n) is 4.30. The van der Waals surface area contributed by atoms with Crippen molar-refractivity contribution in [3.05, 3.63) is 101 Å². The van der Waals surface area contributed by atoms with Crippen molar-refractivity contribution in [1.29, 1.82) is 0 Å². The van der Waals surface area contributed by atoms with Crippen LogP contribution in [0.1, 0.15) is 35.5 Å². The number of carbonyl (C=O) groups excluding carboxylic acids is 1. The minimum absolute atomic E-state index is 0.226. The van der Waals surface area contributed by atoms with E-state index in [1.54, 1.807) is 12.0 Å². The molecule has 1 unspecified atom stereocenters. The Morgan fingerprint density at radius 3 is 2.37 bits per heavy atom. The number of amides is 2. The summed E-state index contributed by atoms with van der Waals surface area (Å²) in [6.45, 7) is 5.93. The van der Waals surface area contributed by atoms with Crippen LogP contribution in [0.2, 0.25) is 0 Å². The number of hydrogen-bond donors (Lipinski definition) is 1. The van der Waals surface area contributed by atoms with Gasteiger partial charge < -0.3 is 14.6 Å². The van der Waals surface area contributed by atoms with Crippen LogP contribution in [-0.2, 0) is 0 Å². The lowest BCUT2D eigenvalue weighted by molar-refractivity contribution is 0.244. The van der Waals surface area contributed by atoms with Gasteiger partial charge in [-0.05, 0) is 56.2 Å². The van der Waals surface area contributed by atoms with Gasteiger partial charge in [-0.1, -0.05) is 59.3 Å². The average molecular weight is 467 g/mol. The lowest BCUT2D eigenvalue weighted by Crippen LogP contribution is -2.46. The fourth-order valence-corrected chi connectivity index (χ4v) is 4.30. The van der Waals surface area contributed by atoms with Gasteiger partial charge in [-0.15, -0.1) is 0 Å². The summed E-state index contributed by atoms with van der Waals surface area (Å²) in [4.78, 5) is 19.7. The van der Waals surface area contributed by atoms with Gasteiger partial charge in [0.2, 0.25) is 5.82 Å². The first kappa shape index (κ1) is 22.4. The molecule has 1 N–H and O–H groups in total. The molecule has 1 aliphatic rings. The van der Waals surface area contributed by atoms with Gasteiger partial charge in [-0.2, -0.15) is 4.98 Å². The van der Waals surface area contributed by atoms with Crippen molar-refractivity contribution in [2.45, 2.75) is 26.8 Å². The van der Waals surface area contributed by atoms with E-state index in [1.807, 2.05) is 93.6 Å². The molecule has 2 amide bonds. The van der Waals surface area contributed by atoms with Gasteiger partial charge in [-0.25, -0.2) is 4.79 Å². The number of aryl methyl sites for hydroxylation is 2. The van der Waals surface area contributed by atoms with E-state index in [4.69, 9.17) is 14.2 Å². The van der Waals surface area contributed by atoms with Crippen molar-refractivity contribution in [2.75, 3.05) is 12.0 Å². The predicted octanol–water partition coefficient (Wildman–Crippen LogP) is 6.06. The second-order valence-electron chi connectivity index (χ2n) is 8.62. The number of anilines is 1. The first-order valence-corrected chi connectivity index (χ1v) is 11.4. The number of nitrogens with zero attached hydrogens (tertiary/aromatic N) is 3. The molecular weight excluding hydrogens is 440 g/mol. The van der Waals surface area contributed by atoms with E-state index >= 15 is 0 Å². The molecule has 7 heteroatoms. The lowest BCUT2D eigenvalue weighted by Gasteiger charge is -2.35. The Morgan fingerprint density at radius 1 is 0.943 bits per heavy atom. The average Bonchev–Trinajstić information content (AvgIpc) is 3.34. The molecule has 0 fully saturated rings. The molecule has 2 heterocycles. The number of nitrogens with one attached hydrogen (secondary N) is 1. The van der Waals surface area contributed by atoms with Crippen molar-refractivity contribution >= 4 is 17.3 Å². The minimum Gasteiger partial charge on any atom is -0.497 e. The summed E-state index contributed by atoms with van der Waals surface area (Å²) in [5.74, 6) is 1.59. The molecule has 0 aliphatic carbocycles. The summed E-state index contributed by atoms with van der Waals surface area (Å²) in [5, 5.41) is 7.37. The Labute approximate surface area is 204 Å². The molecule has 176 valence electrons. The van der Waals surface area contributed by atoms with Crippen LogP contribution < -0.4 is 15.0 Å². The molecule has 35 heavy (non-hydrogen) atoms. The van der Waals surface area contributed by atoms with E-state index in [-0.39, 0.29) is 6.03 Å². The van der Waals surface area contributed by atoms with Crippen molar-refractivity contribution < 1.29 is 14.1 Å². The molecule has 7 nitrogen and oxygen atoms in total. The molecule has 0 radical (unpaired) electrons. The second kappa shape index (κ2) is 9.10. The topological polar surface area (TPSA) is 80.5 Å². The number of ether oxygens (including phenoxy) is 1. The van der Waals surface area contributed by atoms with Gasteiger partial charge >= 0.3 is 6.03 Å². The zero-order valence-corrected chi connectivity index (χ0v) is 20.1. The fraction of sp³-hybridized carbons (Fsp3) is 0.179. The van der Waals surface area contributed by atoms with E-state index in [0.717, 1.165) is 45.0 Å². The molecule has 1 aliphatic heterocycles. The van der Waals surface area contributed by atoms with Crippen LogP contribution in [0.3, 0.4) is 0 Å². The number of carbonyl (C=O) groups is 1. The van der Waals surface area contributed by atoms with Crippen LogP contribution in [0, 0.1) is 13.8 Å². The number of aromatic nitrogens is 2. The summed E-state index contributed by atoms with van der Waals surface area (Å²) in [6.07, 6.45) is 0. The van der Waals surface area contributed by atoms with Gasteiger partial charge in [0.25, 0.3) is 5.89 Å². The maximum absolute atomic E-state index is 13.3. The molecule has 0 saturated carbocycles. The minimum atomic E-state index is -0.471. The maximum Gasteiger partial charge on any atom is 0.326 e. The van der Waals surface area contributed by atoms with Crippen molar-refractivity contribution in [3.63, 3.8) is 0 Å². The molecule has 0 saturated heterocycles. The van der Waals surface area contributed by atoms with Crippen LogP contribution >= 0.6 is 0 Å². The van der Waals surface area contributed by atoms with E-state index in [0.29, 0.717) is 11.7 Å². The first-order chi connectivity index (χ1) is 16.9. The number of rotatable bonds is 5. The summed E-state index contributed by atoms with van der Waals surface area (Å²) in [7, 11) is 1.62. The summed E-state index contributed by atoms with van der Waals surface area (Å²) in [5.41, 5.74) is 6.18. The smallest absolute Gasteiger partial charge is 0.326 e. The van der Waals surface area contributed by atoms with Crippen LogP contribution in [0.4, 0.5) is 10.5 Å². The molecule has 0 spiro atoms. The Bertz CT molecular complexity index is 1400. The van der Waals surface area contributed by atoms with Crippen molar-refractivity contribution in [2.24, 2.45) is 0 Å². The predicted molar refractivity (Wildman–Crippen MR) is 135 cm³/mol. The maximum atomic E-state index is 13.3. The summed E-state index contributed by atoms with van der Waals surface area (Å²) >= 11 is 0. The molecule has 0 bridgehead atoms. The number of benzene rings is 3. The van der Waals surface area contributed by atoms with Crippen LogP contribution in [-0.4, -0.2) is 23.3 Å². The number of hydrogen-bond acceptors (Lipinski definition) is 5. The van der Waals surface area contributed by atoms with Gasteiger partial charge in [0.15, 0.2) is 0 Å². The van der Waals surface area contributed by atoms with Crippen molar-refractivity contribution in [1.82, 2.24) is 15.5 Å². The SMILES string of the molecule is COc1ccc(C2NC(=O)N(c3cccc(C)c3)C(C)=C2c2nc(-c3ccc(C)cc3)no2)cc1. The van der Waals surface area contributed by atoms with Crippen LogP contribution in [0.25, 0.3) is 17.0 Å². The van der Waals surface area contributed by atoms with E-state index in [9.17, 15) is 4.79 Å². The molecule has 4 aromatic rings. The first-order valence-electron chi connectivity index (χ1n) is 11.4. The number of allylic oxidation sites excluding steroid dienone is 1. The third-order valence-electron chi connectivity index (χ3n) is 6.16. The highest BCUT2D eigenvalue weighted by atomic mass is 16.5. The van der Waals surface area contributed by atoms with E-state index in [1.165, 1.54) is 0 Å². The zero-order valence-electron chi connectivity index (χ0n) is 20.1. The quantitative estimate of drug-likeness (QED) is 0.386. The monoisotopic (exact) mass is 466 g/mol. The van der Waals surface area contributed by atoms with Crippen LogP contribution in [0.5, 0.6) is 5.75 Å². The Hall–Kier alpha value is -4.39. The number of urea groups is 1. The Kier molecular flexibility index (Phi) is 5.82. The highest BCUT2D eigenvalue weighted by Crippen LogP contribution is 2.39. The van der Waals surface area contributed by atoms with E-state index < -0.39 is 6.04 Å². The van der Waals surface area contributed by atoms with Crippen LogP contribution in [0.15, 0.2) is 83.0 Å². The Balaban J connectivity index is 1.64.